The summed E-state index contributed by atoms with van der Waals surface area (Å²) in [6, 6.07) is 12.2. The Morgan fingerprint density at radius 2 is 1.79 bits per heavy atom. The van der Waals surface area contributed by atoms with Gasteiger partial charge in [-0.2, -0.15) is 4.31 Å². The molecule has 2 aromatic carbocycles. The molecule has 2 amide bonds. The normalized spacial score (nSPS) is 19.4. The van der Waals surface area contributed by atoms with E-state index in [1.807, 2.05) is 30.3 Å². The van der Waals surface area contributed by atoms with Crippen LogP contribution in [-0.2, 0) is 21.4 Å². The second kappa shape index (κ2) is 10.2. The van der Waals surface area contributed by atoms with Gasteiger partial charge in [0.05, 0.1) is 5.88 Å². The van der Waals surface area contributed by atoms with E-state index in [0.717, 1.165) is 37.0 Å². The number of hydrogen-bond acceptors (Lipinski definition) is 5. The van der Waals surface area contributed by atoms with E-state index in [2.05, 4.69) is 5.32 Å². The number of hydrogen-bond donors (Lipinski definition) is 1. The Bertz CT molecular complexity index is 1120. The number of nitrogens with zero attached hydrogens (tertiary/aromatic N) is 2. The number of piperidine rings is 1. The number of carbonyl (C=O) groups excluding carboxylic acids is 2. The summed E-state index contributed by atoms with van der Waals surface area (Å²) in [5.41, 5.74) is 0.996. The molecule has 0 saturated carbocycles. The van der Waals surface area contributed by atoms with Crippen LogP contribution in [0.25, 0.3) is 0 Å². The predicted octanol–water partition coefficient (Wildman–Crippen LogP) is 2.83. The number of rotatable bonds is 6. The summed E-state index contributed by atoms with van der Waals surface area (Å²) in [5.74, 6) is -0.916. The minimum atomic E-state index is -4.04. The van der Waals surface area contributed by atoms with Crippen molar-refractivity contribution >= 4 is 33.6 Å². The van der Waals surface area contributed by atoms with Crippen molar-refractivity contribution in [3.8, 4) is 0 Å². The molecule has 7 nitrogen and oxygen atoms in total. The topological polar surface area (TPSA) is 86.8 Å². The highest BCUT2D eigenvalue weighted by molar-refractivity contribution is 7.99. The monoisotopic (exact) mass is 491 g/mol. The highest BCUT2D eigenvalue weighted by Crippen LogP contribution is 2.27. The summed E-state index contributed by atoms with van der Waals surface area (Å²) in [4.78, 5) is 26.9. The van der Waals surface area contributed by atoms with Crippen LogP contribution >= 0.6 is 11.8 Å². The van der Waals surface area contributed by atoms with E-state index < -0.39 is 32.7 Å². The maximum atomic E-state index is 14.5. The lowest BCUT2D eigenvalue weighted by Crippen LogP contribution is -2.47. The largest absolute Gasteiger partial charge is 0.350 e. The van der Waals surface area contributed by atoms with Crippen molar-refractivity contribution in [2.45, 2.75) is 36.7 Å². The molecule has 0 spiro atoms. The van der Waals surface area contributed by atoms with Gasteiger partial charge in [0, 0.05) is 31.0 Å². The third-order valence-electron chi connectivity index (χ3n) is 5.87. The maximum absolute atomic E-state index is 14.5. The van der Waals surface area contributed by atoms with Crippen LogP contribution in [0, 0.1) is 5.82 Å². The van der Waals surface area contributed by atoms with Crippen molar-refractivity contribution in [1.82, 2.24) is 14.5 Å². The molecule has 2 aliphatic rings. The van der Waals surface area contributed by atoms with E-state index in [9.17, 15) is 22.4 Å². The average Bonchev–Trinajstić information content (AvgIpc) is 3.33. The summed E-state index contributed by atoms with van der Waals surface area (Å²) in [5, 5.41) is 2.86. The first-order chi connectivity index (χ1) is 15.9. The second-order valence-corrected chi connectivity index (χ2v) is 11.0. The molecule has 4 rings (SSSR count). The Labute approximate surface area is 197 Å². The summed E-state index contributed by atoms with van der Waals surface area (Å²) >= 11 is 1.44. The van der Waals surface area contributed by atoms with Crippen molar-refractivity contribution in [2.75, 3.05) is 24.7 Å². The van der Waals surface area contributed by atoms with E-state index >= 15 is 0 Å². The van der Waals surface area contributed by atoms with Gasteiger partial charge in [0.25, 0.3) is 5.91 Å². The molecule has 10 heteroatoms. The first-order valence-corrected chi connectivity index (χ1v) is 13.5. The van der Waals surface area contributed by atoms with Gasteiger partial charge in [-0.05, 0) is 36.6 Å². The third-order valence-corrected chi connectivity index (χ3v) is 8.79. The molecule has 2 aliphatic heterocycles. The van der Waals surface area contributed by atoms with Gasteiger partial charge in [-0.15, -0.1) is 11.8 Å². The highest BCUT2D eigenvalue weighted by Gasteiger charge is 2.36. The molecule has 1 N–H and O–H groups in total. The van der Waals surface area contributed by atoms with Crippen LogP contribution in [0.5, 0.6) is 0 Å². The minimum absolute atomic E-state index is 0.0512. The van der Waals surface area contributed by atoms with Crippen LogP contribution in [0.3, 0.4) is 0 Å². The van der Waals surface area contributed by atoms with E-state index in [4.69, 9.17) is 0 Å². The zero-order chi connectivity index (χ0) is 23.4. The number of sulfonamides is 1. The van der Waals surface area contributed by atoms with Crippen molar-refractivity contribution in [1.29, 1.82) is 0 Å². The van der Waals surface area contributed by atoms with E-state index in [1.54, 1.807) is 0 Å². The zero-order valence-electron chi connectivity index (χ0n) is 18.1. The van der Waals surface area contributed by atoms with E-state index in [1.165, 1.54) is 27.0 Å². The SMILES string of the molecule is O=C(NCc1ccccc1)C1CSCN1C(=O)c1ccc(F)c(S(=O)(=O)N2CCCCC2)c1. The van der Waals surface area contributed by atoms with Gasteiger partial charge in [-0.3, -0.25) is 9.59 Å². The molecule has 2 aromatic rings. The molecular formula is C23H26FN3O4S2. The van der Waals surface area contributed by atoms with Gasteiger partial charge in [0.2, 0.25) is 15.9 Å². The molecule has 0 radical (unpaired) electrons. The van der Waals surface area contributed by atoms with Gasteiger partial charge in [-0.1, -0.05) is 36.8 Å². The van der Waals surface area contributed by atoms with Gasteiger partial charge >= 0.3 is 0 Å². The smallest absolute Gasteiger partial charge is 0.255 e. The Morgan fingerprint density at radius 1 is 1.06 bits per heavy atom. The van der Waals surface area contributed by atoms with Crippen molar-refractivity contribution in [3.05, 3.63) is 65.5 Å². The highest BCUT2D eigenvalue weighted by atomic mass is 32.2. The number of amides is 2. The number of benzene rings is 2. The fraction of sp³-hybridized carbons (Fsp3) is 0.391. The molecular weight excluding hydrogens is 465 g/mol. The first kappa shape index (κ1) is 23.7. The lowest BCUT2D eigenvalue weighted by molar-refractivity contribution is -0.124. The molecule has 2 fully saturated rings. The number of halogens is 1. The summed E-state index contributed by atoms with van der Waals surface area (Å²) < 4.78 is 41.8. The lowest BCUT2D eigenvalue weighted by Gasteiger charge is -2.26. The fourth-order valence-electron chi connectivity index (χ4n) is 4.01. The van der Waals surface area contributed by atoms with Crippen LogP contribution in [-0.4, -0.2) is 60.2 Å². The average molecular weight is 492 g/mol. The Morgan fingerprint density at radius 3 is 2.52 bits per heavy atom. The fourth-order valence-corrected chi connectivity index (χ4v) is 6.77. The molecule has 2 saturated heterocycles. The standard InChI is InChI=1S/C23H26FN3O4S2/c24-19-10-9-18(13-21(19)33(30,31)26-11-5-2-6-12-26)23(29)27-16-32-15-20(27)22(28)25-14-17-7-3-1-4-8-17/h1,3-4,7-10,13,20H,2,5-6,11-12,14-16H2,(H,25,28). The molecule has 176 valence electrons. The number of thioether (sulfide) groups is 1. The molecule has 33 heavy (non-hydrogen) atoms. The van der Waals surface area contributed by atoms with Gasteiger partial charge < -0.3 is 10.2 Å². The lowest BCUT2D eigenvalue weighted by atomic mass is 10.1. The molecule has 0 aromatic heterocycles. The van der Waals surface area contributed by atoms with Crippen LogP contribution in [0.15, 0.2) is 53.4 Å². The Kier molecular flexibility index (Phi) is 7.35. The molecule has 0 bridgehead atoms. The Hall–Kier alpha value is -2.43. The van der Waals surface area contributed by atoms with Crippen molar-refractivity contribution in [3.63, 3.8) is 0 Å². The number of nitrogens with one attached hydrogen (secondary N) is 1. The van der Waals surface area contributed by atoms with Crippen LogP contribution in [0.1, 0.15) is 35.2 Å². The van der Waals surface area contributed by atoms with Crippen LogP contribution < -0.4 is 5.32 Å². The maximum Gasteiger partial charge on any atom is 0.255 e. The van der Waals surface area contributed by atoms with Gasteiger partial charge in [-0.25, -0.2) is 12.8 Å². The second-order valence-electron chi connectivity index (χ2n) is 8.10. The van der Waals surface area contributed by atoms with Gasteiger partial charge in [0.15, 0.2) is 0 Å². The Balaban J connectivity index is 1.51. The van der Waals surface area contributed by atoms with Crippen molar-refractivity contribution < 1.29 is 22.4 Å². The van der Waals surface area contributed by atoms with Crippen LogP contribution in [0.4, 0.5) is 4.39 Å². The summed E-state index contributed by atoms with van der Waals surface area (Å²) in [6.45, 7) is 1.02. The zero-order valence-corrected chi connectivity index (χ0v) is 19.7. The van der Waals surface area contributed by atoms with Crippen LogP contribution in [0.2, 0.25) is 0 Å². The molecule has 1 atom stereocenters. The third kappa shape index (κ3) is 5.23. The first-order valence-electron chi connectivity index (χ1n) is 10.9. The summed E-state index contributed by atoms with van der Waals surface area (Å²) in [6.07, 6.45) is 2.39. The van der Waals surface area contributed by atoms with Gasteiger partial charge in [0.1, 0.15) is 16.8 Å². The number of carbonyl (C=O) groups is 2. The predicted molar refractivity (Wildman–Crippen MR) is 125 cm³/mol. The van der Waals surface area contributed by atoms with Crippen molar-refractivity contribution in [2.24, 2.45) is 0 Å². The molecule has 2 heterocycles. The van der Waals surface area contributed by atoms with E-state index in [0.29, 0.717) is 31.3 Å². The molecule has 1 unspecified atom stereocenters. The minimum Gasteiger partial charge on any atom is -0.350 e. The quantitative estimate of drug-likeness (QED) is 0.672. The van der Waals surface area contributed by atoms with E-state index in [-0.39, 0.29) is 11.5 Å². The molecule has 0 aliphatic carbocycles. The summed E-state index contributed by atoms with van der Waals surface area (Å²) in [7, 11) is -4.04.